The standard InChI is InChI=1S/C15H23N3O/c16-14(13-7-2-1-3-8-13)15(19)17-9-6-12-18-10-4-5-11-18/h1-3,7-8,14H,4-6,9-12,16H2,(H,17,19). The van der Waals surface area contributed by atoms with Crippen LogP contribution in [0.3, 0.4) is 0 Å². The van der Waals surface area contributed by atoms with E-state index in [4.69, 9.17) is 5.73 Å². The van der Waals surface area contributed by atoms with Crippen LogP contribution in [0.1, 0.15) is 30.9 Å². The highest BCUT2D eigenvalue weighted by Gasteiger charge is 2.15. The average molecular weight is 261 g/mol. The van der Waals surface area contributed by atoms with Gasteiger partial charge in [-0.3, -0.25) is 4.79 Å². The van der Waals surface area contributed by atoms with Crippen molar-refractivity contribution >= 4 is 5.91 Å². The van der Waals surface area contributed by atoms with Crippen LogP contribution in [0.4, 0.5) is 0 Å². The fourth-order valence-electron chi connectivity index (χ4n) is 2.44. The van der Waals surface area contributed by atoms with E-state index in [9.17, 15) is 4.79 Å². The van der Waals surface area contributed by atoms with Gasteiger partial charge in [0.1, 0.15) is 6.04 Å². The maximum atomic E-state index is 11.9. The van der Waals surface area contributed by atoms with Gasteiger partial charge in [-0.2, -0.15) is 0 Å². The van der Waals surface area contributed by atoms with Crippen LogP contribution in [-0.2, 0) is 4.79 Å². The van der Waals surface area contributed by atoms with E-state index in [0.29, 0.717) is 6.54 Å². The monoisotopic (exact) mass is 261 g/mol. The Hall–Kier alpha value is -1.39. The number of likely N-dealkylation sites (tertiary alicyclic amines) is 1. The quantitative estimate of drug-likeness (QED) is 0.759. The van der Waals surface area contributed by atoms with Crippen molar-refractivity contribution in [1.82, 2.24) is 10.2 Å². The lowest BCUT2D eigenvalue weighted by molar-refractivity contribution is -0.122. The topological polar surface area (TPSA) is 58.4 Å². The van der Waals surface area contributed by atoms with Gasteiger partial charge in [0.05, 0.1) is 0 Å². The summed E-state index contributed by atoms with van der Waals surface area (Å²) >= 11 is 0. The first kappa shape index (κ1) is 14.0. The summed E-state index contributed by atoms with van der Waals surface area (Å²) in [5.41, 5.74) is 6.78. The van der Waals surface area contributed by atoms with Gasteiger partial charge in [-0.15, -0.1) is 0 Å². The predicted octanol–water partition coefficient (Wildman–Crippen LogP) is 1.29. The van der Waals surface area contributed by atoms with E-state index in [1.807, 2.05) is 30.3 Å². The first-order valence-electron chi connectivity index (χ1n) is 7.08. The van der Waals surface area contributed by atoms with Crippen molar-refractivity contribution in [3.8, 4) is 0 Å². The third-order valence-corrected chi connectivity index (χ3v) is 3.59. The molecule has 104 valence electrons. The Morgan fingerprint density at radius 2 is 1.95 bits per heavy atom. The van der Waals surface area contributed by atoms with Gasteiger partial charge in [0, 0.05) is 6.54 Å². The highest BCUT2D eigenvalue weighted by atomic mass is 16.2. The highest BCUT2D eigenvalue weighted by Crippen LogP contribution is 2.09. The Balaban J connectivity index is 1.66. The number of nitrogens with zero attached hydrogens (tertiary/aromatic N) is 1. The molecule has 1 aromatic carbocycles. The molecule has 0 bridgehead atoms. The molecule has 0 radical (unpaired) electrons. The van der Waals surface area contributed by atoms with Crippen molar-refractivity contribution in [3.63, 3.8) is 0 Å². The summed E-state index contributed by atoms with van der Waals surface area (Å²) in [5, 5.41) is 2.91. The summed E-state index contributed by atoms with van der Waals surface area (Å²) in [6, 6.07) is 8.92. The molecule has 2 rings (SSSR count). The second-order valence-electron chi connectivity index (χ2n) is 5.08. The van der Waals surface area contributed by atoms with Crippen molar-refractivity contribution < 1.29 is 4.79 Å². The van der Waals surface area contributed by atoms with Crippen LogP contribution in [-0.4, -0.2) is 37.0 Å². The van der Waals surface area contributed by atoms with Crippen LogP contribution >= 0.6 is 0 Å². The van der Waals surface area contributed by atoms with Crippen LogP contribution in [0.2, 0.25) is 0 Å². The average Bonchev–Trinajstić information content (AvgIpc) is 2.96. The SMILES string of the molecule is NC(C(=O)NCCCN1CCCC1)c1ccccc1. The van der Waals surface area contributed by atoms with E-state index in [1.165, 1.54) is 25.9 Å². The van der Waals surface area contributed by atoms with Crippen LogP contribution in [0.5, 0.6) is 0 Å². The summed E-state index contributed by atoms with van der Waals surface area (Å²) in [4.78, 5) is 14.3. The Labute approximate surface area is 115 Å². The van der Waals surface area contributed by atoms with E-state index in [0.717, 1.165) is 18.5 Å². The van der Waals surface area contributed by atoms with Gasteiger partial charge < -0.3 is 16.0 Å². The summed E-state index contributed by atoms with van der Waals surface area (Å²) in [6.45, 7) is 4.19. The minimum absolute atomic E-state index is 0.0902. The van der Waals surface area contributed by atoms with Gasteiger partial charge in [0.25, 0.3) is 0 Å². The number of carbonyl (C=O) groups is 1. The predicted molar refractivity (Wildman–Crippen MR) is 76.7 cm³/mol. The van der Waals surface area contributed by atoms with Crippen molar-refractivity contribution in [3.05, 3.63) is 35.9 Å². The van der Waals surface area contributed by atoms with Crippen molar-refractivity contribution in [1.29, 1.82) is 0 Å². The molecule has 1 aliphatic heterocycles. The van der Waals surface area contributed by atoms with Gasteiger partial charge in [0.15, 0.2) is 0 Å². The molecule has 1 atom stereocenters. The van der Waals surface area contributed by atoms with Crippen LogP contribution in [0.15, 0.2) is 30.3 Å². The normalized spacial score (nSPS) is 17.3. The number of carbonyl (C=O) groups excluding carboxylic acids is 1. The number of nitrogens with one attached hydrogen (secondary N) is 1. The molecule has 4 nitrogen and oxygen atoms in total. The maximum Gasteiger partial charge on any atom is 0.241 e. The van der Waals surface area contributed by atoms with Gasteiger partial charge in [-0.1, -0.05) is 30.3 Å². The Kier molecular flexibility index (Phi) is 5.36. The van der Waals surface area contributed by atoms with Crippen molar-refractivity contribution in [2.24, 2.45) is 5.73 Å². The van der Waals surface area contributed by atoms with Gasteiger partial charge in [0.2, 0.25) is 5.91 Å². The molecule has 3 N–H and O–H groups in total. The van der Waals surface area contributed by atoms with Gasteiger partial charge in [-0.05, 0) is 44.5 Å². The van der Waals surface area contributed by atoms with E-state index in [2.05, 4.69) is 10.2 Å². The second-order valence-corrected chi connectivity index (χ2v) is 5.08. The smallest absolute Gasteiger partial charge is 0.241 e. The molecule has 1 unspecified atom stereocenters. The number of hydrogen-bond donors (Lipinski definition) is 2. The van der Waals surface area contributed by atoms with E-state index in [-0.39, 0.29) is 5.91 Å². The van der Waals surface area contributed by atoms with Crippen LogP contribution in [0.25, 0.3) is 0 Å². The van der Waals surface area contributed by atoms with E-state index < -0.39 is 6.04 Å². The molecule has 19 heavy (non-hydrogen) atoms. The first-order valence-corrected chi connectivity index (χ1v) is 7.08. The highest BCUT2D eigenvalue weighted by molar-refractivity contribution is 5.82. The molecule has 4 heteroatoms. The number of rotatable bonds is 6. The van der Waals surface area contributed by atoms with Crippen molar-refractivity contribution in [2.75, 3.05) is 26.2 Å². The zero-order valence-electron chi connectivity index (χ0n) is 11.3. The molecule has 0 aliphatic carbocycles. The molecular weight excluding hydrogens is 238 g/mol. The Morgan fingerprint density at radius 1 is 1.26 bits per heavy atom. The molecule has 0 aromatic heterocycles. The zero-order chi connectivity index (χ0) is 13.5. The third kappa shape index (κ3) is 4.33. The van der Waals surface area contributed by atoms with Crippen LogP contribution in [0, 0.1) is 0 Å². The lowest BCUT2D eigenvalue weighted by Crippen LogP contribution is -2.35. The summed E-state index contributed by atoms with van der Waals surface area (Å²) < 4.78 is 0. The van der Waals surface area contributed by atoms with Crippen LogP contribution < -0.4 is 11.1 Å². The molecular formula is C15H23N3O. The minimum atomic E-state index is -0.562. The first-order chi connectivity index (χ1) is 9.27. The summed E-state index contributed by atoms with van der Waals surface area (Å²) in [7, 11) is 0. The Morgan fingerprint density at radius 3 is 2.63 bits per heavy atom. The number of benzene rings is 1. The van der Waals surface area contributed by atoms with Gasteiger partial charge >= 0.3 is 0 Å². The molecule has 1 aromatic rings. The zero-order valence-corrected chi connectivity index (χ0v) is 11.3. The van der Waals surface area contributed by atoms with E-state index >= 15 is 0 Å². The number of nitrogens with two attached hydrogens (primary N) is 1. The molecule has 1 amide bonds. The summed E-state index contributed by atoms with van der Waals surface area (Å²) in [6.07, 6.45) is 3.61. The molecule has 1 heterocycles. The van der Waals surface area contributed by atoms with Gasteiger partial charge in [-0.25, -0.2) is 0 Å². The largest absolute Gasteiger partial charge is 0.354 e. The number of hydrogen-bond acceptors (Lipinski definition) is 3. The molecule has 0 saturated carbocycles. The van der Waals surface area contributed by atoms with Crippen molar-refractivity contribution in [2.45, 2.75) is 25.3 Å². The molecule has 1 fully saturated rings. The maximum absolute atomic E-state index is 11.9. The molecule has 1 saturated heterocycles. The fourth-order valence-corrected chi connectivity index (χ4v) is 2.44. The Bertz CT molecular complexity index is 388. The third-order valence-electron chi connectivity index (χ3n) is 3.59. The van der Waals surface area contributed by atoms with E-state index in [1.54, 1.807) is 0 Å². The minimum Gasteiger partial charge on any atom is -0.354 e. The summed E-state index contributed by atoms with van der Waals surface area (Å²) in [5.74, 6) is -0.0902. The molecule has 0 spiro atoms. The number of amides is 1. The fraction of sp³-hybridized carbons (Fsp3) is 0.533. The molecule has 1 aliphatic rings. The second kappa shape index (κ2) is 7.26. The lowest BCUT2D eigenvalue weighted by Gasteiger charge is -2.16. The lowest BCUT2D eigenvalue weighted by atomic mass is 10.1.